The van der Waals surface area contributed by atoms with Crippen molar-refractivity contribution in [3.05, 3.63) is 105 Å². The smallest absolute Gasteiger partial charge is 0.156 e. The van der Waals surface area contributed by atoms with Crippen LogP contribution in [0.1, 0.15) is 80.7 Å². The lowest BCUT2D eigenvalue weighted by atomic mass is 9.51. The summed E-state index contributed by atoms with van der Waals surface area (Å²) < 4.78 is 11.6. The maximum Gasteiger partial charge on any atom is 0.156 e. The molecular weight excluding hydrogens is 665 g/mol. The number of anilines is 1. The van der Waals surface area contributed by atoms with Gasteiger partial charge in [0.25, 0.3) is 0 Å². The van der Waals surface area contributed by atoms with Crippen LogP contribution in [0.25, 0.3) is 0 Å². The van der Waals surface area contributed by atoms with Crippen LogP contribution < -0.4 is 15.0 Å². The number of aliphatic hydroxyl groups is 1. The molecule has 1 saturated heterocycles. The number of carbonyl (C=O) groups is 1. The van der Waals surface area contributed by atoms with Crippen LogP contribution in [0.5, 0.6) is 5.75 Å². The Balaban J connectivity index is 0.000000180. The number of thiophene rings is 1. The van der Waals surface area contributed by atoms with E-state index >= 15 is 0 Å². The first-order valence-corrected chi connectivity index (χ1v) is 20.0. The minimum Gasteiger partial charge on any atom is -0.491 e. The topological polar surface area (TPSA) is 71.0 Å². The third-order valence-corrected chi connectivity index (χ3v) is 13.3. The van der Waals surface area contributed by atoms with Crippen LogP contribution in [-0.4, -0.2) is 63.0 Å². The Morgan fingerprint density at radius 2 is 1.88 bits per heavy atom. The highest BCUT2D eigenvalue weighted by molar-refractivity contribution is 7.09. The Labute approximate surface area is 314 Å². The molecule has 5 aliphatic rings. The Bertz CT molecular complexity index is 1850. The number of nitrogens with one attached hydrogen (secondary N) is 1. The van der Waals surface area contributed by atoms with Crippen molar-refractivity contribution in [2.75, 3.05) is 45.3 Å². The molecule has 274 valence electrons. The predicted molar refractivity (Wildman–Crippen MR) is 211 cm³/mol. The molecule has 1 aromatic heterocycles. The number of ether oxygens (including phenoxy) is 2. The number of morpholine rings is 1. The van der Waals surface area contributed by atoms with Crippen LogP contribution >= 0.6 is 11.3 Å². The van der Waals surface area contributed by atoms with E-state index in [-0.39, 0.29) is 23.2 Å². The standard InChI is InChI=1S/C29H35NO2.C16H19NO2S/c1-5-15-29(32)16-14-26-24-12-8-20-17-22(31)11-13-23(20)27(24)25(18-28(26,29)2)19-6-9-21(10-7-19)30(3)4;1-2-6-16(19-12-14-11-17-7-8-18-14)13(4-1)10-15-5-3-9-20-15/h6-7,9-10,17,24-26,32H,8,11-14,16,18H2,1-4H3;1-6,9,14,17H,7-8,10-12H2/t24-,25+,26-,28-,29-;/m0./s1. The van der Waals surface area contributed by atoms with Crippen molar-refractivity contribution in [1.82, 2.24) is 5.32 Å². The van der Waals surface area contributed by atoms with Crippen LogP contribution in [0.15, 0.2) is 88.8 Å². The first-order chi connectivity index (χ1) is 25.2. The van der Waals surface area contributed by atoms with E-state index < -0.39 is 5.60 Å². The Morgan fingerprint density at radius 1 is 1.06 bits per heavy atom. The van der Waals surface area contributed by atoms with Crippen molar-refractivity contribution in [2.24, 2.45) is 17.3 Å². The van der Waals surface area contributed by atoms with Gasteiger partial charge in [-0.1, -0.05) is 54.8 Å². The van der Waals surface area contributed by atoms with Gasteiger partial charge in [0.05, 0.1) is 6.61 Å². The minimum atomic E-state index is -0.914. The average molecular weight is 719 g/mol. The summed E-state index contributed by atoms with van der Waals surface area (Å²) in [5.74, 6) is 8.73. The number of carbonyl (C=O) groups excluding carboxylic acids is 1. The van der Waals surface area contributed by atoms with Crippen LogP contribution in [0.2, 0.25) is 0 Å². The van der Waals surface area contributed by atoms with Gasteiger partial charge in [-0.2, -0.15) is 0 Å². The molecule has 52 heavy (non-hydrogen) atoms. The second kappa shape index (κ2) is 15.7. The zero-order chi connectivity index (χ0) is 36.3. The van der Waals surface area contributed by atoms with Crippen LogP contribution in [0.4, 0.5) is 5.69 Å². The normalized spacial score (nSPS) is 29.3. The molecule has 4 aliphatic carbocycles. The molecule has 2 N–H and O–H groups in total. The number of hydrogen-bond acceptors (Lipinski definition) is 7. The number of nitrogens with zero attached hydrogens (tertiary/aromatic N) is 1. The van der Waals surface area contributed by atoms with Crippen LogP contribution in [0, 0.1) is 29.1 Å². The summed E-state index contributed by atoms with van der Waals surface area (Å²) in [5.41, 5.74) is 6.95. The molecule has 2 heterocycles. The van der Waals surface area contributed by atoms with Crippen LogP contribution in [0.3, 0.4) is 0 Å². The van der Waals surface area contributed by atoms with E-state index in [4.69, 9.17) is 9.47 Å². The molecule has 2 saturated carbocycles. The van der Waals surface area contributed by atoms with Gasteiger partial charge in [-0.15, -0.1) is 17.3 Å². The van der Waals surface area contributed by atoms with Crippen molar-refractivity contribution in [2.45, 2.75) is 82.8 Å². The largest absolute Gasteiger partial charge is 0.491 e. The molecule has 0 spiro atoms. The quantitative estimate of drug-likeness (QED) is 0.241. The zero-order valence-corrected chi connectivity index (χ0v) is 32.1. The van der Waals surface area contributed by atoms with E-state index in [0.29, 0.717) is 24.9 Å². The molecule has 3 aromatic rings. The Kier molecular flexibility index (Phi) is 11.1. The van der Waals surface area contributed by atoms with Crippen molar-refractivity contribution in [1.29, 1.82) is 0 Å². The highest BCUT2D eigenvalue weighted by atomic mass is 32.1. The number of hydrogen-bond donors (Lipinski definition) is 2. The lowest BCUT2D eigenvalue weighted by molar-refractivity contribution is -0.114. The predicted octanol–water partition coefficient (Wildman–Crippen LogP) is 8.11. The van der Waals surface area contributed by atoms with Gasteiger partial charge in [-0.3, -0.25) is 4.79 Å². The third kappa shape index (κ3) is 7.41. The highest BCUT2D eigenvalue weighted by Crippen LogP contribution is 2.66. The lowest BCUT2D eigenvalue weighted by Gasteiger charge is -2.53. The number of fused-ring (bicyclic) bond motifs is 4. The maximum atomic E-state index is 12.2. The van der Waals surface area contributed by atoms with Gasteiger partial charge in [0.1, 0.15) is 24.1 Å². The summed E-state index contributed by atoms with van der Waals surface area (Å²) in [5, 5.41) is 17.2. The Morgan fingerprint density at radius 3 is 2.62 bits per heavy atom. The first kappa shape index (κ1) is 36.7. The molecule has 8 rings (SSSR count). The summed E-state index contributed by atoms with van der Waals surface area (Å²) in [6, 6.07) is 21.5. The van der Waals surface area contributed by atoms with Crippen molar-refractivity contribution < 1.29 is 19.4 Å². The van der Waals surface area contributed by atoms with E-state index in [1.54, 1.807) is 16.9 Å². The fraction of sp³-hybridized carbons (Fsp3) is 0.489. The van der Waals surface area contributed by atoms with Crippen molar-refractivity contribution >= 4 is 22.8 Å². The molecular formula is C45H54N2O4S. The first-order valence-electron chi connectivity index (χ1n) is 19.1. The highest BCUT2D eigenvalue weighted by Gasteiger charge is 2.62. The molecule has 2 aromatic carbocycles. The van der Waals surface area contributed by atoms with Gasteiger partial charge < -0.3 is 24.8 Å². The molecule has 1 aliphatic heterocycles. The van der Waals surface area contributed by atoms with Gasteiger partial charge in [0.2, 0.25) is 0 Å². The van der Waals surface area contributed by atoms with E-state index in [0.717, 1.165) is 70.4 Å². The number of benzene rings is 2. The summed E-state index contributed by atoms with van der Waals surface area (Å²) in [6.45, 7) is 7.32. The summed E-state index contributed by atoms with van der Waals surface area (Å²) >= 11 is 1.78. The second-order valence-corrected chi connectivity index (χ2v) is 16.7. The molecule has 6 nitrogen and oxygen atoms in total. The lowest BCUT2D eigenvalue weighted by Crippen LogP contribution is -2.51. The number of rotatable bonds is 7. The van der Waals surface area contributed by atoms with Gasteiger partial charge in [-0.25, -0.2) is 0 Å². The van der Waals surface area contributed by atoms with E-state index in [1.165, 1.54) is 32.8 Å². The number of allylic oxidation sites excluding steroid dienone is 4. The van der Waals surface area contributed by atoms with Crippen molar-refractivity contribution in [3.8, 4) is 17.6 Å². The molecule has 6 atom stereocenters. The van der Waals surface area contributed by atoms with Crippen molar-refractivity contribution in [3.63, 3.8) is 0 Å². The summed E-state index contributed by atoms with van der Waals surface area (Å²) in [6.07, 6.45) is 9.31. The molecule has 7 heteroatoms. The fourth-order valence-electron chi connectivity index (χ4n) is 9.68. The number of para-hydroxylation sites is 1. The van der Waals surface area contributed by atoms with E-state index in [9.17, 15) is 9.90 Å². The zero-order valence-electron chi connectivity index (χ0n) is 31.3. The molecule has 0 bridgehead atoms. The molecule has 3 fully saturated rings. The SMILES string of the molecule is CC#C[C@]1(O)CC[C@H]2[C@@H]3CCC4=CC(=O)CCC4=C3[C@@H](c3ccc(N(C)C)cc3)C[C@@]21C.c1csc(Cc2ccccc2OCC2CNCCO2)c1. The summed E-state index contributed by atoms with van der Waals surface area (Å²) in [4.78, 5) is 15.7. The van der Waals surface area contributed by atoms with Gasteiger partial charge in [0, 0.05) is 61.9 Å². The maximum absolute atomic E-state index is 12.2. The molecule has 0 radical (unpaired) electrons. The Hall–Kier alpha value is -3.67. The van der Waals surface area contributed by atoms with Crippen LogP contribution in [-0.2, 0) is 16.0 Å². The fourth-order valence-corrected chi connectivity index (χ4v) is 10.4. The van der Waals surface area contributed by atoms with E-state index in [2.05, 4.69) is 97.0 Å². The molecule has 0 amide bonds. The average Bonchev–Trinajstić information content (AvgIpc) is 3.76. The van der Waals surface area contributed by atoms with E-state index in [1.807, 2.05) is 25.1 Å². The summed E-state index contributed by atoms with van der Waals surface area (Å²) in [7, 11) is 4.14. The second-order valence-electron chi connectivity index (χ2n) is 15.6. The minimum absolute atomic E-state index is 0.151. The third-order valence-electron chi connectivity index (χ3n) is 12.4. The number of ketones is 1. The van der Waals surface area contributed by atoms with Gasteiger partial charge in [-0.05, 0) is 115 Å². The monoisotopic (exact) mass is 718 g/mol. The van der Waals surface area contributed by atoms with Gasteiger partial charge >= 0.3 is 0 Å². The molecule has 1 unspecified atom stereocenters. The van der Waals surface area contributed by atoms with Gasteiger partial charge in [0.15, 0.2) is 5.78 Å².